The Kier molecular flexibility index (Phi) is 3.54. The van der Waals surface area contributed by atoms with Crippen molar-refractivity contribution >= 4 is 15.9 Å². The first-order valence-corrected chi connectivity index (χ1v) is 6.54. The van der Waals surface area contributed by atoms with Crippen molar-refractivity contribution < 1.29 is 4.52 Å². The first kappa shape index (κ1) is 13.2. The molecule has 96 valence electrons. The van der Waals surface area contributed by atoms with E-state index in [1.807, 2.05) is 39.0 Å². The van der Waals surface area contributed by atoms with Crippen LogP contribution < -0.4 is 5.73 Å². The summed E-state index contributed by atoms with van der Waals surface area (Å²) in [5, 5.41) is 4.01. The van der Waals surface area contributed by atoms with E-state index in [0.717, 1.165) is 10.0 Å². The van der Waals surface area contributed by atoms with Crippen LogP contribution in [0.4, 0.5) is 0 Å². The van der Waals surface area contributed by atoms with Gasteiger partial charge in [-0.15, -0.1) is 0 Å². The molecule has 0 aliphatic carbocycles. The molecule has 1 heterocycles. The van der Waals surface area contributed by atoms with Crippen LogP contribution in [0.5, 0.6) is 0 Å². The van der Waals surface area contributed by atoms with Gasteiger partial charge in [-0.3, -0.25) is 0 Å². The summed E-state index contributed by atoms with van der Waals surface area (Å²) in [7, 11) is 0. The van der Waals surface area contributed by atoms with Gasteiger partial charge in [0.05, 0.1) is 5.41 Å². The molecular weight excluding hydrogens is 294 g/mol. The molecule has 18 heavy (non-hydrogen) atoms. The third-order valence-corrected chi connectivity index (χ3v) is 3.80. The topological polar surface area (TPSA) is 64.9 Å². The number of aromatic nitrogens is 2. The zero-order chi connectivity index (χ0) is 13.3. The lowest BCUT2D eigenvalue weighted by molar-refractivity contribution is 0.311. The van der Waals surface area contributed by atoms with Gasteiger partial charge in [-0.2, -0.15) is 4.98 Å². The van der Waals surface area contributed by atoms with E-state index in [4.69, 9.17) is 10.3 Å². The highest BCUT2D eigenvalue weighted by molar-refractivity contribution is 9.10. The molecule has 4 nitrogen and oxygen atoms in total. The van der Waals surface area contributed by atoms with Gasteiger partial charge in [0.15, 0.2) is 0 Å². The summed E-state index contributed by atoms with van der Waals surface area (Å²) in [6.45, 7) is 6.46. The van der Waals surface area contributed by atoms with Crippen LogP contribution in [0.1, 0.15) is 25.3 Å². The third kappa shape index (κ3) is 2.47. The molecule has 2 rings (SSSR count). The fourth-order valence-electron chi connectivity index (χ4n) is 1.43. The SMILES string of the molecule is Cc1ccc(-c2noc(C(C)(C)CN)n2)cc1Br. The number of halogens is 1. The average Bonchev–Trinajstić information content (AvgIpc) is 2.83. The Balaban J connectivity index is 2.38. The summed E-state index contributed by atoms with van der Waals surface area (Å²) >= 11 is 3.50. The molecule has 0 saturated heterocycles. The van der Waals surface area contributed by atoms with Crippen LogP contribution in [0.15, 0.2) is 27.2 Å². The molecule has 0 unspecified atom stereocenters. The summed E-state index contributed by atoms with van der Waals surface area (Å²) < 4.78 is 6.32. The van der Waals surface area contributed by atoms with Gasteiger partial charge in [-0.25, -0.2) is 0 Å². The van der Waals surface area contributed by atoms with E-state index in [-0.39, 0.29) is 5.41 Å². The van der Waals surface area contributed by atoms with Crippen LogP contribution in [0, 0.1) is 6.92 Å². The Bertz CT molecular complexity index is 563. The normalized spacial score (nSPS) is 11.8. The van der Waals surface area contributed by atoms with Crippen LogP contribution in [-0.2, 0) is 5.41 Å². The molecule has 0 fully saturated rings. The number of nitrogens with two attached hydrogens (primary N) is 1. The number of nitrogens with zero attached hydrogens (tertiary/aromatic N) is 2. The van der Waals surface area contributed by atoms with Gasteiger partial charge in [-0.1, -0.05) is 33.2 Å². The third-order valence-electron chi connectivity index (χ3n) is 2.95. The van der Waals surface area contributed by atoms with Crippen LogP contribution in [0.3, 0.4) is 0 Å². The Morgan fingerprint density at radius 3 is 2.72 bits per heavy atom. The highest BCUT2D eigenvalue weighted by Gasteiger charge is 2.26. The molecule has 0 atom stereocenters. The number of benzene rings is 1. The minimum atomic E-state index is -0.298. The second-order valence-corrected chi connectivity index (χ2v) is 5.83. The van der Waals surface area contributed by atoms with Crippen molar-refractivity contribution in [1.82, 2.24) is 10.1 Å². The largest absolute Gasteiger partial charge is 0.338 e. The minimum absolute atomic E-state index is 0.298. The minimum Gasteiger partial charge on any atom is -0.338 e. The highest BCUT2D eigenvalue weighted by atomic mass is 79.9. The lowest BCUT2D eigenvalue weighted by Gasteiger charge is -2.15. The van der Waals surface area contributed by atoms with Crippen molar-refractivity contribution in [2.24, 2.45) is 5.73 Å². The first-order chi connectivity index (χ1) is 8.44. The van der Waals surface area contributed by atoms with Gasteiger partial charge in [-0.05, 0) is 32.4 Å². The van der Waals surface area contributed by atoms with Crippen molar-refractivity contribution in [2.45, 2.75) is 26.2 Å². The number of aryl methyl sites for hydroxylation is 1. The Hall–Kier alpha value is -1.20. The van der Waals surface area contributed by atoms with Crippen molar-refractivity contribution in [3.05, 3.63) is 34.1 Å². The molecular formula is C13H16BrN3O. The molecule has 0 saturated carbocycles. The van der Waals surface area contributed by atoms with E-state index in [0.29, 0.717) is 18.3 Å². The standard InChI is InChI=1S/C13H16BrN3O/c1-8-4-5-9(6-10(8)14)11-16-12(18-17-11)13(2,3)7-15/h4-6H,7,15H2,1-3H3. The Labute approximate surface area is 115 Å². The van der Waals surface area contributed by atoms with Crippen molar-refractivity contribution in [2.75, 3.05) is 6.54 Å². The molecule has 0 spiro atoms. The van der Waals surface area contributed by atoms with E-state index < -0.39 is 0 Å². The average molecular weight is 310 g/mol. The van der Waals surface area contributed by atoms with Gasteiger partial charge in [0.1, 0.15) is 0 Å². The Morgan fingerprint density at radius 2 is 2.11 bits per heavy atom. The maximum absolute atomic E-state index is 5.69. The van der Waals surface area contributed by atoms with Crippen molar-refractivity contribution in [1.29, 1.82) is 0 Å². The monoisotopic (exact) mass is 309 g/mol. The lowest BCUT2D eigenvalue weighted by atomic mass is 9.94. The molecule has 2 aromatic rings. The summed E-state index contributed by atoms with van der Waals surface area (Å²) in [6, 6.07) is 5.98. The predicted molar refractivity (Wildman–Crippen MR) is 74.3 cm³/mol. The molecule has 1 aromatic heterocycles. The van der Waals surface area contributed by atoms with Crippen molar-refractivity contribution in [3.63, 3.8) is 0 Å². The summed E-state index contributed by atoms with van der Waals surface area (Å²) in [6.07, 6.45) is 0. The molecule has 0 aliphatic heterocycles. The predicted octanol–water partition coefficient (Wildman–Crippen LogP) is 3.04. The number of rotatable bonds is 3. The van der Waals surface area contributed by atoms with Crippen LogP contribution >= 0.6 is 15.9 Å². The summed E-state index contributed by atoms with van der Waals surface area (Å²) in [5.74, 6) is 1.16. The maximum atomic E-state index is 5.69. The van der Waals surface area contributed by atoms with Gasteiger partial charge >= 0.3 is 0 Å². The molecule has 5 heteroatoms. The van der Waals surface area contributed by atoms with E-state index in [1.165, 1.54) is 5.56 Å². The van der Waals surface area contributed by atoms with Gasteiger partial charge in [0, 0.05) is 16.6 Å². The zero-order valence-electron chi connectivity index (χ0n) is 10.7. The lowest BCUT2D eigenvalue weighted by Crippen LogP contribution is -2.28. The molecule has 0 bridgehead atoms. The molecule has 1 aromatic carbocycles. The summed E-state index contributed by atoms with van der Waals surface area (Å²) in [5.41, 5.74) is 7.49. The molecule has 0 aliphatic rings. The molecule has 0 radical (unpaired) electrons. The smallest absolute Gasteiger partial charge is 0.233 e. The fourth-order valence-corrected chi connectivity index (χ4v) is 1.81. The van der Waals surface area contributed by atoms with E-state index in [9.17, 15) is 0 Å². The fraction of sp³-hybridized carbons (Fsp3) is 0.385. The Morgan fingerprint density at radius 1 is 1.39 bits per heavy atom. The second-order valence-electron chi connectivity index (χ2n) is 4.98. The highest BCUT2D eigenvalue weighted by Crippen LogP contribution is 2.26. The van der Waals surface area contributed by atoms with E-state index in [2.05, 4.69) is 26.1 Å². The zero-order valence-corrected chi connectivity index (χ0v) is 12.3. The molecule has 0 amide bonds. The van der Waals surface area contributed by atoms with Crippen LogP contribution in [0.2, 0.25) is 0 Å². The van der Waals surface area contributed by atoms with Crippen LogP contribution in [-0.4, -0.2) is 16.7 Å². The molecule has 2 N–H and O–H groups in total. The van der Waals surface area contributed by atoms with Gasteiger partial charge in [0.2, 0.25) is 11.7 Å². The number of hydrogen-bond donors (Lipinski definition) is 1. The van der Waals surface area contributed by atoms with Crippen LogP contribution in [0.25, 0.3) is 11.4 Å². The quantitative estimate of drug-likeness (QED) is 0.946. The van der Waals surface area contributed by atoms with Gasteiger partial charge in [0.25, 0.3) is 0 Å². The number of hydrogen-bond acceptors (Lipinski definition) is 4. The summed E-state index contributed by atoms with van der Waals surface area (Å²) in [4.78, 5) is 4.42. The van der Waals surface area contributed by atoms with E-state index in [1.54, 1.807) is 0 Å². The van der Waals surface area contributed by atoms with E-state index >= 15 is 0 Å². The first-order valence-electron chi connectivity index (χ1n) is 5.75. The van der Waals surface area contributed by atoms with Gasteiger partial charge < -0.3 is 10.3 Å². The maximum Gasteiger partial charge on any atom is 0.233 e. The second kappa shape index (κ2) is 4.82. The van der Waals surface area contributed by atoms with Crippen molar-refractivity contribution in [3.8, 4) is 11.4 Å².